The number of nitrogens with one attached hydrogen (secondary N) is 3. The van der Waals surface area contributed by atoms with Crippen molar-refractivity contribution in [3.05, 3.63) is 41.2 Å². The Morgan fingerprint density at radius 2 is 2.17 bits per heavy atom. The van der Waals surface area contributed by atoms with E-state index in [1.54, 1.807) is 4.90 Å². The van der Waals surface area contributed by atoms with Crippen LogP contribution >= 0.6 is 0 Å². The van der Waals surface area contributed by atoms with E-state index in [1.807, 2.05) is 18.2 Å². The molecule has 0 saturated carbocycles. The van der Waals surface area contributed by atoms with Crippen LogP contribution in [0.5, 0.6) is 0 Å². The lowest BCUT2D eigenvalue weighted by Crippen LogP contribution is -2.37. The molecule has 3 N–H and O–H groups in total. The molecule has 1 saturated heterocycles. The Morgan fingerprint density at radius 1 is 1.34 bits per heavy atom. The number of hydrogen-bond donors (Lipinski definition) is 3. The van der Waals surface area contributed by atoms with Crippen molar-refractivity contribution in [2.24, 2.45) is 0 Å². The molecular formula is C20H23N5O4. The van der Waals surface area contributed by atoms with E-state index in [2.05, 4.69) is 34.1 Å². The lowest BCUT2D eigenvalue weighted by Gasteiger charge is -2.26. The van der Waals surface area contributed by atoms with Crippen LogP contribution < -0.4 is 16.0 Å². The highest BCUT2D eigenvalue weighted by Gasteiger charge is 2.31. The van der Waals surface area contributed by atoms with Gasteiger partial charge in [0.15, 0.2) is 5.82 Å². The average molecular weight is 397 g/mol. The Bertz CT molecular complexity index is 954. The van der Waals surface area contributed by atoms with Crippen LogP contribution in [0.15, 0.2) is 28.8 Å². The molecule has 0 unspecified atom stereocenters. The summed E-state index contributed by atoms with van der Waals surface area (Å²) in [5.74, 6) is 0.961. The zero-order chi connectivity index (χ0) is 20.4. The van der Waals surface area contributed by atoms with Gasteiger partial charge >= 0.3 is 6.03 Å². The summed E-state index contributed by atoms with van der Waals surface area (Å²) >= 11 is 0. The maximum Gasteiger partial charge on any atom is 0.322 e. The van der Waals surface area contributed by atoms with Crippen LogP contribution in [-0.2, 0) is 29.0 Å². The number of aromatic nitrogens is 1. The lowest BCUT2D eigenvalue weighted by atomic mass is 10.1. The molecule has 1 atom stereocenters. The molecule has 0 bridgehead atoms. The van der Waals surface area contributed by atoms with Crippen molar-refractivity contribution in [3.8, 4) is 0 Å². The van der Waals surface area contributed by atoms with Gasteiger partial charge in [0, 0.05) is 25.1 Å². The molecule has 9 nitrogen and oxygen atoms in total. The minimum Gasteiger partial charge on any atom is -0.359 e. The SMILES string of the molecule is CCc1ccccc1Nc1noc2c1CN(C(=O)CC[C@@H]1NC(=O)NC1=O)CC2. The summed E-state index contributed by atoms with van der Waals surface area (Å²) in [6, 6.07) is 6.85. The fourth-order valence-electron chi connectivity index (χ4n) is 3.69. The summed E-state index contributed by atoms with van der Waals surface area (Å²) in [5.41, 5.74) is 3.02. The first-order valence-electron chi connectivity index (χ1n) is 9.76. The van der Waals surface area contributed by atoms with E-state index in [1.165, 1.54) is 5.56 Å². The van der Waals surface area contributed by atoms with Crippen LogP contribution in [0, 0.1) is 0 Å². The summed E-state index contributed by atoms with van der Waals surface area (Å²) in [7, 11) is 0. The molecule has 152 valence electrons. The molecule has 0 radical (unpaired) electrons. The van der Waals surface area contributed by atoms with Gasteiger partial charge in [-0.05, 0) is 24.5 Å². The van der Waals surface area contributed by atoms with Gasteiger partial charge in [0.2, 0.25) is 5.91 Å². The number of rotatable bonds is 6. The van der Waals surface area contributed by atoms with E-state index >= 15 is 0 Å². The number of urea groups is 1. The fraction of sp³-hybridized carbons (Fsp3) is 0.400. The molecule has 1 fully saturated rings. The number of aryl methyl sites for hydroxylation is 1. The molecular weight excluding hydrogens is 374 g/mol. The van der Waals surface area contributed by atoms with Crippen LogP contribution in [0.1, 0.15) is 36.7 Å². The second-order valence-electron chi connectivity index (χ2n) is 7.19. The molecule has 2 aliphatic rings. The lowest BCUT2D eigenvalue weighted by molar-refractivity contribution is -0.132. The van der Waals surface area contributed by atoms with Gasteiger partial charge < -0.3 is 20.1 Å². The van der Waals surface area contributed by atoms with E-state index in [9.17, 15) is 14.4 Å². The zero-order valence-electron chi connectivity index (χ0n) is 16.2. The van der Waals surface area contributed by atoms with Crippen LogP contribution in [-0.4, -0.2) is 40.5 Å². The van der Waals surface area contributed by atoms with Crippen molar-refractivity contribution in [1.29, 1.82) is 0 Å². The molecule has 4 amide bonds. The summed E-state index contributed by atoms with van der Waals surface area (Å²) in [6.45, 7) is 3.03. The van der Waals surface area contributed by atoms with E-state index in [4.69, 9.17) is 4.52 Å². The average Bonchev–Trinajstić information content (AvgIpc) is 3.28. The molecule has 9 heteroatoms. The van der Waals surface area contributed by atoms with Gasteiger partial charge in [-0.2, -0.15) is 0 Å². The van der Waals surface area contributed by atoms with Crippen molar-refractivity contribution in [2.45, 2.75) is 45.2 Å². The highest BCUT2D eigenvalue weighted by atomic mass is 16.5. The number of imide groups is 1. The first kappa shape index (κ1) is 19.0. The molecule has 2 aliphatic heterocycles. The first-order chi connectivity index (χ1) is 14.0. The second-order valence-corrected chi connectivity index (χ2v) is 7.19. The number of nitrogens with zero attached hydrogens (tertiary/aromatic N) is 2. The van der Waals surface area contributed by atoms with Gasteiger partial charge in [-0.3, -0.25) is 14.9 Å². The summed E-state index contributed by atoms with van der Waals surface area (Å²) in [6.07, 6.45) is 1.93. The Hall–Kier alpha value is -3.36. The standard InChI is InChI=1S/C20H23N5O4/c1-2-12-5-3-4-6-14(12)21-18-13-11-25(10-9-16(13)29-24-18)17(26)8-7-15-19(27)23-20(28)22-15/h3-6,15H,2,7-11H2,1H3,(H,21,24)(H2,22,23,27,28)/t15-/m0/s1. The summed E-state index contributed by atoms with van der Waals surface area (Å²) in [4.78, 5) is 37.2. The number of carbonyl (C=O) groups is 3. The maximum atomic E-state index is 12.7. The monoisotopic (exact) mass is 397 g/mol. The van der Waals surface area contributed by atoms with E-state index < -0.39 is 12.1 Å². The molecule has 0 spiro atoms. The Kier molecular flexibility index (Phi) is 5.20. The molecule has 1 aromatic heterocycles. The highest BCUT2D eigenvalue weighted by molar-refractivity contribution is 6.04. The third-order valence-corrected chi connectivity index (χ3v) is 5.34. The Balaban J connectivity index is 1.41. The minimum absolute atomic E-state index is 0.0642. The number of amides is 4. The van der Waals surface area contributed by atoms with Crippen molar-refractivity contribution in [1.82, 2.24) is 20.7 Å². The number of fused-ring (bicyclic) bond motifs is 1. The van der Waals surface area contributed by atoms with E-state index in [0.29, 0.717) is 25.3 Å². The second kappa shape index (κ2) is 7.94. The summed E-state index contributed by atoms with van der Waals surface area (Å²) in [5, 5.41) is 12.2. The van der Waals surface area contributed by atoms with E-state index in [-0.39, 0.29) is 24.7 Å². The third-order valence-electron chi connectivity index (χ3n) is 5.34. The fourth-order valence-corrected chi connectivity index (χ4v) is 3.69. The Labute approximate surface area is 167 Å². The van der Waals surface area contributed by atoms with Crippen LogP contribution in [0.3, 0.4) is 0 Å². The molecule has 0 aliphatic carbocycles. The van der Waals surface area contributed by atoms with Gasteiger partial charge in [0.1, 0.15) is 11.8 Å². The molecule has 2 aromatic rings. The number of para-hydroxylation sites is 1. The smallest absolute Gasteiger partial charge is 0.322 e. The van der Waals surface area contributed by atoms with Crippen molar-refractivity contribution in [2.75, 3.05) is 11.9 Å². The van der Waals surface area contributed by atoms with Crippen molar-refractivity contribution < 1.29 is 18.9 Å². The van der Waals surface area contributed by atoms with Crippen molar-refractivity contribution in [3.63, 3.8) is 0 Å². The maximum absolute atomic E-state index is 12.7. The topological polar surface area (TPSA) is 117 Å². The predicted octanol–water partition coefficient (Wildman–Crippen LogP) is 1.85. The largest absolute Gasteiger partial charge is 0.359 e. The van der Waals surface area contributed by atoms with E-state index in [0.717, 1.165) is 23.4 Å². The van der Waals surface area contributed by atoms with Gasteiger partial charge in [-0.1, -0.05) is 30.3 Å². The quantitative estimate of drug-likeness (QED) is 0.641. The van der Waals surface area contributed by atoms with Crippen molar-refractivity contribution >= 4 is 29.4 Å². The molecule has 1 aromatic carbocycles. The Morgan fingerprint density at radius 3 is 2.93 bits per heavy atom. The predicted molar refractivity (Wildman–Crippen MR) is 104 cm³/mol. The van der Waals surface area contributed by atoms with Gasteiger partial charge in [0.05, 0.1) is 12.1 Å². The van der Waals surface area contributed by atoms with Crippen LogP contribution in [0.4, 0.5) is 16.3 Å². The number of anilines is 2. The molecule has 29 heavy (non-hydrogen) atoms. The normalized spacial score (nSPS) is 18.2. The summed E-state index contributed by atoms with van der Waals surface area (Å²) < 4.78 is 5.48. The minimum atomic E-state index is -0.648. The highest BCUT2D eigenvalue weighted by Crippen LogP contribution is 2.30. The number of hydrogen-bond acceptors (Lipinski definition) is 6. The third kappa shape index (κ3) is 3.94. The van der Waals surface area contributed by atoms with Gasteiger partial charge in [-0.15, -0.1) is 0 Å². The number of carbonyl (C=O) groups excluding carboxylic acids is 3. The molecule has 4 rings (SSSR count). The molecule has 3 heterocycles. The van der Waals surface area contributed by atoms with Crippen LogP contribution in [0.25, 0.3) is 0 Å². The van der Waals surface area contributed by atoms with Gasteiger partial charge in [-0.25, -0.2) is 4.79 Å². The van der Waals surface area contributed by atoms with Crippen LogP contribution in [0.2, 0.25) is 0 Å². The first-order valence-corrected chi connectivity index (χ1v) is 9.76. The zero-order valence-corrected chi connectivity index (χ0v) is 16.2. The number of benzene rings is 1. The van der Waals surface area contributed by atoms with Gasteiger partial charge in [0.25, 0.3) is 5.91 Å².